The van der Waals surface area contributed by atoms with Crippen LogP contribution in [0.15, 0.2) is 47.3 Å². The van der Waals surface area contributed by atoms with Gasteiger partial charge in [-0.15, -0.1) is 0 Å². The van der Waals surface area contributed by atoms with E-state index in [4.69, 9.17) is 4.74 Å². The Kier molecular flexibility index (Phi) is 5.70. The largest absolute Gasteiger partial charge is 0.361 e. The van der Waals surface area contributed by atoms with Crippen molar-refractivity contribution in [3.05, 3.63) is 58.4 Å². The number of aromatic nitrogens is 1. The third-order valence-electron chi connectivity index (χ3n) is 5.69. The summed E-state index contributed by atoms with van der Waals surface area (Å²) in [4.78, 5) is 24.9. The fraction of sp³-hybridized carbons (Fsp3) is 0.391. The summed E-state index contributed by atoms with van der Waals surface area (Å²) in [5.74, 6) is -0.250. The molecule has 1 N–H and O–H groups in total. The second-order valence-corrected chi connectivity index (χ2v) is 15.6. The zero-order valence-corrected chi connectivity index (χ0v) is 19.6. The van der Waals surface area contributed by atoms with Crippen LogP contribution in [0, 0.1) is 0 Å². The van der Waals surface area contributed by atoms with Crippen molar-refractivity contribution in [1.29, 1.82) is 0 Å². The average Bonchev–Trinajstić information content (AvgIpc) is 3.34. The standard InChI is InChI=1S/C23H28N2O3SSi/c1-30(2,3)12-10-28-16-25-9-7-19-20(5-4-6-21(19)25)23(17-8-11-29-15-17)14-18(26)13-22(27)24-23/h4-9,11,15H,10,12-14,16H2,1-3H3,(H,24,27). The van der Waals surface area contributed by atoms with Gasteiger partial charge in [0.05, 0.1) is 17.5 Å². The van der Waals surface area contributed by atoms with E-state index in [0.717, 1.165) is 34.7 Å². The summed E-state index contributed by atoms with van der Waals surface area (Å²) in [6.45, 7) is 8.29. The summed E-state index contributed by atoms with van der Waals surface area (Å²) in [7, 11) is -1.12. The lowest BCUT2D eigenvalue weighted by Crippen LogP contribution is -2.52. The highest BCUT2D eigenvalue weighted by atomic mass is 32.1. The van der Waals surface area contributed by atoms with Crippen molar-refractivity contribution in [1.82, 2.24) is 9.88 Å². The van der Waals surface area contributed by atoms with Crippen LogP contribution in [0.25, 0.3) is 10.9 Å². The molecule has 2 aromatic heterocycles. The fourth-order valence-electron chi connectivity index (χ4n) is 4.11. The zero-order valence-electron chi connectivity index (χ0n) is 17.7. The van der Waals surface area contributed by atoms with Crippen molar-refractivity contribution in [2.24, 2.45) is 0 Å². The average molecular weight is 441 g/mol. The maximum Gasteiger partial charge on any atom is 0.228 e. The van der Waals surface area contributed by atoms with Crippen LogP contribution >= 0.6 is 11.3 Å². The van der Waals surface area contributed by atoms with Gasteiger partial charge in [0.25, 0.3) is 0 Å². The SMILES string of the molecule is C[Si](C)(C)CCOCn1ccc2c(C3(c4ccsc4)CC(=O)CC(=O)N3)cccc21. The van der Waals surface area contributed by atoms with Gasteiger partial charge in [0, 0.05) is 32.7 Å². The molecule has 0 saturated carbocycles. The Morgan fingerprint density at radius 2 is 2.03 bits per heavy atom. The molecule has 3 aromatic rings. The molecule has 4 rings (SSSR count). The quantitative estimate of drug-likeness (QED) is 0.328. The van der Waals surface area contributed by atoms with Crippen molar-refractivity contribution in [2.75, 3.05) is 6.61 Å². The monoisotopic (exact) mass is 440 g/mol. The molecule has 1 unspecified atom stereocenters. The molecule has 1 aliphatic heterocycles. The predicted octanol–water partition coefficient (Wildman–Crippen LogP) is 4.74. The number of nitrogens with zero attached hydrogens (tertiary/aromatic N) is 1. The van der Waals surface area contributed by atoms with E-state index in [1.807, 2.05) is 35.2 Å². The third kappa shape index (κ3) is 4.15. The number of rotatable bonds is 7. The Labute approximate surface area is 182 Å². The van der Waals surface area contributed by atoms with Crippen LogP contribution in [0.2, 0.25) is 25.7 Å². The minimum absolute atomic E-state index is 0.0314. The Bertz CT molecular complexity index is 1050. The summed E-state index contributed by atoms with van der Waals surface area (Å²) in [5, 5.41) is 8.20. The van der Waals surface area contributed by atoms with Crippen molar-refractivity contribution < 1.29 is 14.3 Å². The van der Waals surface area contributed by atoms with Gasteiger partial charge in [0.1, 0.15) is 12.5 Å². The number of hydrogen-bond acceptors (Lipinski definition) is 4. The molecule has 0 bridgehead atoms. The van der Waals surface area contributed by atoms with E-state index < -0.39 is 13.6 Å². The molecule has 1 aliphatic rings. The number of carbonyl (C=O) groups excluding carboxylic acids is 2. The number of piperidine rings is 1. The lowest BCUT2D eigenvalue weighted by atomic mass is 9.76. The van der Waals surface area contributed by atoms with Crippen molar-refractivity contribution in [2.45, 2.75) is 50.8 Å². The normalized spacial score (nSPS) is 20.0. The molecular weight excluding hydrogens is 412 g/mol. The maximum absolute atomic E-state index is 12.5. The summed E-state index contributed by atoms with van der Waals surface area (Å²) in [6.07, 6.45) is 2.25. The maximum atomic E-state index is 12.5. The van der Waals surface area contributed by atoms with Gasteiger partial charge in [-0.3, -0.25) is 9.59 Å². The number of Topliss-reactive ketones (excluding diaryl/α,β-unsaturated/α-hetero) is 1. The smallest absolute Gasteiger partial charge is 0.228 e. The van der Waals surface area contributed by atoms with E-state index in [2.05, 4.69) is 41.7 Å². The van der Waals surface area contributed by atoms with Crippen LogP contribution in [-0.2, 0) is 26.6 Å². The summed E-state index contributed by atoms with van der Waals surface area (Å²) in [5.41, 5.74) is 2.14. The molecule has 3 heterocycles. The van der Waals surface area contributed by atoms with Gasteiger partial charge in [0.2, 0.25) is 5.91 Å². The van der Waals surface area contributed by atoms with Gasteiger partial charge in [-0.1, -0.05) is 31.8 Å². The minimum Gasteiger partial charge on any atom is -0.361 e. The number of thiophene rings is 1. The highest BCUT2D eigenvalue weighted by molar-refractivity contribution is 7.08. The second-order valence-electron chi connectivity index (χ2n) is 9.23. The van der Waals surface area contributed by atoms with E-state index in [9.17, 15) is 9.59 Å². The highest BCUT2D eigenvalue weighted by Crippen LogP contribution is 2.40. The molecule has 5 nitrogen and oxygen atoms in total. The van der Waals surface area contributed by atoms with E-state index in [1.165, 1.54) is 0 Å². The topological polar surface area (TPSA) is 60.3 Å². The van der Waals surface area contributed by atoms with E-state index in [-0.39, 0.29) is 24.5 Å². The van der Waals surface area contributed by atoms with Crippen molar-refractivity contribution >= 4 is 42.0 Å². The van der Waals surface area contributed by atoms with Crippen LogP contribution in [-0.4, -0.2) is 30.9 Å². The lowest BCUT2D eigenvalue weighted by molar-refractivity contribution is -0.133. The molecule has 1 saturated heterocycles. The molecule has 158 valence electrons. The Balaban J connectivity index is 1.70. The van der Waals surface area contributed by atoms with Crippen molar-refractivity contribution in [3.63, 3.8) is 0 Å². The number of nitrogens with one attached hydrogen (secondary N) is 1. The van der Waals surface area contributed by atoms with Gasteiger partial charge >= 0.3 is 0 Å². The summed E-state index contributed by atoms with van der Waals surface area (Å²) in [6, 6.07) is 11.3. The fourth-order valence-corrected chi connectivity index (χ4v) is 5.60. The molecule has 30 heavy (non-hydrogen) atoms. The molecule has 1 atom stereocenters. The molecule has 1 amide bonds. The summed E-state index contributed by atoms with van der Waals surface area (Å²) < 4.78 is 8.05. The predicted molar refractivity (Wildman–Crippen MR) is 124 cm³/mol. The number of benzene rings is 1. The molecule has 0 radical (unpaired) electrons. The third-order valence-corrected chi connectivity index (χ3v) is 8.07. The van der Waals surface area contributed by atoms with Crippen molar-refractivity contribution in [3.8, 4) is 0 Å². The number of ether oxygens (including phenoxy) is 1. The van der Waals surface area contributed by atoms with Gasteiger partial charge in [-0.2, -0.15) is 11.3 Å². The van der Waals surface area contributed by atoms with Crippen LogP contribution < -0.4 is 5.32 Å². The zero-order chi connectivity index (χ0) is 21.4. The van der Waals surface area contributed by atoms with Gasteiger partial charge < -0.3 is 14.6 Å². The first-order chi connectivity index (χ1) is 14.3. The van der Waals surface area contributed by atoms with Crippen LogP contribution in [0.3, 0.4) is 0 Å². The van der Waals surface area contributed by atoms with Crippen LogP contribution in [0.4, 0.5) is 0 Å². The Morgan fingerprint density at radius 3 is 2.73 bits per heavy atom. The van der Waals surface area contributed by atoms with Gasteiger partial charge in [-0.05, 0) is 46.1 Å². The van der Waals surface area contributed by atoms with Gasteiger partial charge in [0.15, 0.2) is 0 Å². The number of ketones is 1. The molecule has 0 spiro atoms. The number of fused-ring (bicyclic) bond motifs is 1. The number of amides is 1. The number of carbonyl (C=O) groups is 2. The second kappa shape index (κ2) is 8.13. The first kappa shape index (κ1) is 21.0. The number of hydrogen-bond donors (Lipinski definition) is 1. The summed E-state index contributed by atoms with van der Waals surface area (Å²) >= 11 is 1.57. The van der Waals surface area contributed by atoms with E-state index in [1.54, 1.807) is 11.3 Å². The Morgan fingerprint density at radius 1 is 1.20 bits per heavy atom. The molecular formula is C23H28N2O3SSi. The lowest BCUT2D eigenvalue weighted by Gasteiger charge is -2.38. The minimum atomic E-state index is -1.12. The van der Waals surface area contributed by atoms with Crippen LogP contribution in [0.1, 0.15) is 24.0 Å². The Hall–Kier alpha value is -2.22. The van der Waals surface area contributed by atoms with Crippen LogP contribution in [0.5, 0.6) is 0 Å². The van der Waals surface area contributed by atoms with E-state index >= 15 is 0 Å². The molecule has 1 fully saturated rings. The first-order valence-electron chi connectivity index (χ1n) is 10.3. The van der Waals surface area contributed by atoms with E-state index in [0.29, 0.717) is 6.73 Å². The molecule has 7 heteroatoms. The first-order valence-corrected chi connectivity index (χ1v) is 14.9. The highest BCUT2D eigenvalue weighted by Gasteiger charge is 2.43. The van der Waals surface area contributed by atoms with Gasteiger partial charge in [-0.25, -0.2) is 0 Å². The molecule has 0 aliphatic carbocycles. The molecule has 1 aromatic carbocycles.